The summed E-state index contributed by atoms with van der Waals surface area (Å²) in [7, 11) is -1.05. The van der Waals surface area contributed by atoms with E-state index in [1.54, 1.807) is 6.20 Å². The molecule has 4 nitrogen and oxygen atoms in total. The number of aromatic nitrogens is 3. The molecule has 0 bridgehead atoms. The Labute approximate surface area is 141 Å². The van der Waals surface area contributed by atoms with E-state index < -0.39 is 8.07 Å². The summed E-state index contributed by atoms with van der Waals surface area (Å²) in [6, 6.07) is 7.06. The molecule has 2 heterocycles. The lowest BCUT2D eigenvalue weighted by molar-refractivity contribution is 0.0869. The minimum absolute atomic E-state index is 0.540. The predicted molar refractivity (Wildman–Crippen MR) is 97.0 cm³/mol. The highest BCUT2D eigenvalue weighted by atomic mass is 127. The first kappa shape index (κ1) is 16.6. The lowest BCUT2D eigenvalue weighted by Gasteiger charge is -2.16. The number of hydrogen-bond acceptors (Lipinski definition) is 3. The second-order valence-corrected chi connectivity index (χ2v) is 12.9. The summed E-state index contributed by atoms with van der Waals surface area (Å²) >= 11 is 2.26. The highest BCUT2D eigenvalue weighted by molar-refractivity contribution is 14.1. The zero-order valence-electron chi connectivity index (χ0n) is 13.1. The molecule has 0 aliphatic carbocycles. The average molecular weight is 415 g/mol. The molecule has 2 aromatic rings. The summed E-state index contributed by atoms with van der Waals surface area (Å²) in [5.41, 5.74) is 2.02. The zero-order chi connectivity index (χ0) is 15.5. The number of pyridine rings is 1. The Morgan fingerprint density at radius 2 is 2.05 bits per heavy atom. The fraction of sp³-hybridized carbons (Fsp3) is 0.467. The van der Waals surface area contributed by atoms with E-state index >= 15 is 0 Å². The number of halogens is 1. The Balaban J connectivity index is 2.12. The Morgan fingerprint density at radius 3 is 2.67 bits per heavy atom. The van der Waals surface area contributed by atoms with Gasteiger partial charge in [-0.05, 0) is 47.7 Å². The van der Waals surface area contributed by atoms with E-state index in [4.69, 9.17) is 4.74 Å². The van der Waals surface area contributed by atoms with Crippen LogP contribution in [0.15, 0.2) is 24.4 Å². The Bertz CT molecular complexity index is 593. The molecule has 0 aliphatic heterocycles. The second kappa shape index (κ2) is 7.02. The lowest BCUT2D eigenvalue weighted by atomic mass is 10.3. The van der Waals surface area contributed by atoms with E-state index in [-0.39, 0.29) is 0 Å². The molecule has 114 valence electrons. The van der Waals surface area contributed by atoms with Crippen molar-refractivity contribution in [1.82, 2.24) is 14.5 Å². The van der Waals surface area contributed by atoms with Crippen LogP contribution in [0.3, 0.4) is 0 Å². The number of rotatable bonds is 6. The second-order valence-electron chi connectivity index (χ2n) is 6.30. The third kappa shape index (κ3) is 4.62. The van der Waals surface area contributed by atoms with Crippen LogP contribution in [0.1, 0.15) is 5.69 Å². The molecule has 0 atom stereocenters. The van der Waals surface area contributed by atoms with Gasteiger partial charge in [-0.2, -0.15) is 0 Å². The number of ether oxygens (including phenoxy) is 1. The molecule has 0 saturated heterocycles. The molecule has 21 heavy (non-hydrogen) atoms. The predicted octanol–water partition coefficient (Wildman–Crippen LogP) is 4.17. The highest BCUT2D eigenvalue weighted by Crippen LogP contribution is 2.21. The van der Waals surface area contributed by atoms with E-state index in [9.17, 15) is 0 Å². The van der Waals surface area contributed by atoms with Gasteiger partial charge < -0.3 is 9.30 Å². The molecular formula is C15H22IN3OSi. The monoisotopic (exact) mass is 415 g/mol. The minimum atomic E-state index is -1.05. The molecular weight excluding hydrogens is 393 g/mol. The molecule has 0 N–H and O–H groups in total. The molecule has 2 aromatic heterocycles. The third-order valence-corrected chi connectivity index (χ3v) is 6.00. The highest BCUT2D eigenvalue weighted by Gasteiger charge is 2.16. The molecule has 0 fully saturated rings. The molecule has 0 aromatic carbocycles. The van der Waals surface area contributed by atoms with Crippen molar-refractivity contribution in [2.75, 3.05) is 6.61 Å². The first-order chi connectivity index (χ1) is 9.88. The van der Waals surface area contributed by atoms with Gasteiger partial charge in [0.25, 0.3) is 0 Å². The first-order valence-corrected chi connectivity index (χ1v) is 11.9. The van der Waals surface area contributed by atoms with E-state index in [2.05, 4.69) is 63.7 Å². The van der Waals surface area contributed by atoms with Crippen molar-refractivity contribution in [1.29, 1.82) is 0 Å². The van der Waals surface area contributed by atoms with Crippen LogP contribution in [0.5, 0.6) is 0 Å². The fourth-order valence-corrected chi connectivity index (χ4v) is 3.16. The van der Waals surface area contributed by atoms with E-state index in [1.807, 2.05) is 18.2 Å². The maximum Gasteiger partial charge on any atom is 0.162 e. The van der Waals surface area contributed by atoms with Crippen LogP contribution in [0.4, 0.5) is 0 Å². The van der Waals surface area contributed by atoms with Crippen molar-refractivity contribution < 1.29 is 4.74 Å². The SMILES string of the molecule is Cc1c(I)nc(-c2ccccn2)n1COCC[Si](C)(C)C. The quantitative estimate of drug-likeness (QED) is 0.404. The van der Waals surface area contributed by atoms with Crippen LogP contribution in [-0.4, -0.2) is 29.2 Å². The van der Waals surface area contributed by atoms with Gasteiger partial charge in [0, 0.05) is 20.9 Å². The third-order valence-electron chi connectivity index (χ3n) is 3.27. The number of imidazole rings is 1. The van der Waals surface area contributed by atoms with Crippen molar-refractivity contribution in [2.24, 2.45) is 0 Å². The van der Waals surface area contributed by atoms with Crippen molar-refractivity contribution in [2.45, 2.75) is 39.3 Å². The van der Waals surface area contributed by atoms with Crippen LogP contribution >= 0.6 is 22.6 Å². The van der Waals surface area contributed by atoms with Gasteiger partial charge in [-0.25, -0.2) is 4.98 Å². The van der Waals surface area contributed by atoms with Crippen molar-refractivity contribution in [3.05, 3.63) is 33.8 Å². The van der Waals surface area contributed by atoms with Crippen LogP contribution < -0.4 is 0 Å². The van der Waals surface area contributed by atoms with Crippen molar-refractivity contribution >= 4 is 30.7 Å². The molecule has 6 heteroatoms. The molecule has 2 rings (SSSR count). The van der Waals surface area contributed by atoms with Gasteiger partial charge >= 0.3 is 0 Å². The Kier molecular flexibility index (Phi) is 5.56. The molecule has 0 amide bonds. The summed E-state index contributed by atoms with van der Waals surface area (Å²) < 4.78 is 8.99. The summed E-state index contributed by atoms with van der Waals surface area (Å²) in [5.74, 6) is 0.880. The topological polar surface area (TPSA) is 39.9 Å². The van der Waals surface area contributed by atoms with Crippen LogP contribution in [0.25, 0.3) is 11.5 Å². The van der Waals surface area contributed by atoms with E-state index in [1.165, 1.54) is 6.04 Å². The summed E-state index contributed by atoms with van der Waals surface area (Å²) in [4.78, 5) is 9.02. The molecule has 0 spiro atoms. The normalized spacial score (nSPS) is 11.9. The Morgan fingerprint density at radius 1 is 1.29 bits per heavy atom. The summed E-state index contributed by atoms with van der Waals surface area (Å²) in [5, 5.41) is 0. The van der Waals surface area contributed by atoms with Gasteiger partial charge in [0.2, 0.25) is 0 Å². The van der Waals surface area contributed by atoms with Gasteiger partial charge in [-0.1, -0.05) is 25.7 Å². The van der Waals surface area contributed by atoms with Crippen LogP contribution in [-0.2, 0) is 11.5 Å². The van der Waals surface area contributed by atoms with Crippen molar-refractivity contribution in [3.63, 3.8) is 0 Å². The smallest absolute Gasteiger partial charge is 0.162 e. The molecule has 0 saturated carbocycles. The van der Waals surface area contributed by atoms with Crippen LogP contribution in [0.2, 0.25) is 25.7 Å². The van der Waals surface area contributed by atoms with Crippen LogP contribution in [0, 0.1) is 10.6 Å². The molecule has 0 aliphatic rings. The van der Waals surface area contributed by atoms with Gasteiger partial charge in [0.15, 0.2) is 5.82 Å². The molecule has 0 unspecified atom stereocenters. The maximum absolute atomic E-state index is 5.88. The van der Waals surface area contributed by atoms with Gasteiger partial charge in [-0.3, -0.25) is 4.98 Å². The fourth-order valence-electron chi connectivity index (χ4n) is 1.89. The summed E-state index contributed by atoms with van der Waals surface area (Å²) in [6.45, 7) is 10.5. The lowest BCUT2D eigenvalue weighted by Crippen LogP contribution is -2.22. The van der Waals surface area contributed by atoms with Gasteiger partial charge in [-0.15, -0.1) is 0 Å². The number of hydrogen-bond donors (Lipinski definition) is 0. The van der Waals surface area contributed by atoms with E-state index in [0.29, 0.717) is 6.73 Å². The number of nitrogens with zero attached hydrogens (tertiary/aromatic N) is 3. The van der Waals surface area contributed by atoms with Gasteiger partial charge in [0.1, 0.15) is 16.1 Å². The first-order valence-electron chi connectivity index (χ1n) is 7.10. The standard InChI is InChI=1S/C15H22IN3OSi/c1-12-14(16)18-15(13-7-5-6-8-17-13)19(12)11-20-9-10-21(2,3)4/h5-8H,9-11H2,1-4H3. The summed E-state index contributed by atoms with van der Waals surface area (Å²) in [6.07, 6.45) is 1.79. The van der Waals surface area contributed by atoms with E-state index in [0.717, 1.165) is 27.5 Å². The minimum Gasteiger partial charge on any atom is -0.361 e. The Hall–Kier alpha value is -0.733. The van der Waals surface area contributed by atoms with Gasteiger partial charge in [0.05, 0.1) is 5.69 Å². The molecule has 0 radical (unpaired) electrons. The average Bonchev–Trinajstić information content (AvgIpc) is 2.71. The maximum atomic E-state index is 5.88. The van der Waals surface area contributed by atoms with Crippen molar-refractivity contribution in [3.8, 4) is 11.5 Å². The zero-order valence-corrected chi connectivity index (χ0v) is 16.2. The largest absolute Gasteiger partial charge is 0.361 e.